The molecule has 1 fully saturated rings. The topological polar surface area (TPSA) is 53.2 Å². The number of piperidine rings is 1. The maximum absolute atomic E-state index is 10.8. The van der Waals surface area contributed by atoms with Crippen molar-refractivity contribution in [2.75, 3.05) is 13.1 Å². The van der Waals surface area contributed by atoms with Gasteiger partial charge in [0.15, 0.2) is 5.11 Å². The van der Waals surface area contributed by atoms with Crippen molar-refractivity contribution < 1.29 is 4.79 Å². The second-order valence-corrected chi connectivity index (χ2v) is 3.45. The van der Waals surface area contributed by atoms with E-state index in [9.17, 15) is 4.79 Å². The van der Waals surface area contributed by atoms with Crippen molar-refractivity contribution in [1.82, 2.24) is 16.0 Å². The predicted molar refractivity (Wildman–Crippen MR) is 55.4 cm³/mol. The summed E-state index contributed by atoms with van der Waals surface area (Å²) in [4.78, 5) is 10.8. The molecule has 1 saturated heterocycles. The van der Waals surface area contributed by atoms with Crippen LogP contribution >= 0.6 is 12.2 Å². The van der Waals surface area contributed by atoms with Gasteiger partial charge in [0.25, 0.3) is 0 Å². The average molecular weight is 201 g/mol. The first kappa shape index (κ1) is 10.2. The van der Waals surface area contributed by atoms with Gasteiger partial charge in [-0.3, -0.25) is 4.79 Å². The molecule has 1 rings (SSSR count). The summed E-state index contributed by atoms with van der Waals surface area (Å²) in [5.41, 5.74) is 0. The second kappa shape index (κ2) is 5.01. The number of thiocarbonyl (C=S) groups is 1. The number of hydrogen-bond acceptors (Lipinski definition) is 2. The first-order valence-corrected chi connectivity index (χ1v) is 4.94. The monoisotopic (exact) mass is 201 g/mol. The lowest BCUT2D eigenvalue weighted by molar-refractivity contribution is -0.122. The average Bonchev–Trinajstić information content (AvgIpc) is 2.09. The molecule has 0 saturated carbocycles. The van der Waals surface area contributed by atoms with Gasteiger partial charge in [-0.05, 0) is 25.6 Å². The van der Waals surface area contributed by atoms with Crippen molar-refractivity contribution in [2.45, 2.75) is 25.8 Å². The summed E-state index contributed by atoms with van der Waals surface area (Å²) >= 11 is 5.03. The lowest BCUT2D eigenvalue weighted by atomic mass is 10.1. The van der Waals surface area contributed by atoms with Gasteiger partial charge >= 0.3 is 0 Å². The van der Waals surface area contributed by atoms with E-state index in [4.69, 9.17) is 12.2 Å². The normalized spacial score (nSPS) is 21.9. The molecule has 0 radical (unpaired) electrons. The van der Waals surface area contributed by atoms with Crippen molar-refractivity contribution in [2.24, 2.45) is 0 Å². The Balaban J connectivity index is 2.22. The SMILES string of the molecule is CCNC(=S)NC1CCC(=O)NC1. The molecule has 0 aromatic rings. The van der Waals surface area contributed by atoms with E-state index in [0.29, 0.717) is 18.1 Å². The Morgan fingerprint density at radius 1 is 1.77 bits per heavy atom. The van der Waals surface area contributed by atoms with Gasteiger partial charge in [-0.25, -0.2) is 0 Å². The summed E-state index contributed by atoms with van der Waals surface area (Å²) in [6.45, 7) is 3.49. The molecule has 0 aliphatic carbocycles. The van der Waals surface area contributed by atoms with Gasteiger partial charge < -0.3 is 16.0 Å². The van der Waals surface area contributed by atoms with Crippen LogP contribution in [0.2, 0.25) is 0 Å². The smallest absolute Gasteiger partial charge is 0.220 e. The van der Waals surface area contributed by atoms with Gasteiger partial charge in [-0.2, -0.15) is 0 Å². The minimum absolute atomic E-state index is 0.132. The van der Waals surface area contributed by atoms with E-state index in [1.54, 1.807) is 0 Å². The maximum Gasteiger partial charge on any atom is 0.220 e. The molecule has 3 N–H and O–H groups in total. The predicted octanol–water partition coefficient (Wildman–Crippen LogP) is -0.251. The van der Waals surface area contributed by atoms with Crippen LogP contribution in [0.25, 0.3) is 0 Å². The zero-order valence-electron chi connectivity index (χ0n) is 7.72. The van der Waals surface area contributed by atoms with Crippen LogP contribution in [0.15, 0.2) is 0 Å². The molecule has 0 aromatic heterocycles. The van der Waals surface area contributed by atoms with Crippen molar-refractivity contribution in [3.8, 4) is 0 Å². The Morgan fingerprint density at radius 3 is 3.08 bits per heavy atom. The molecule has 1 aliphatic heterocycles. The first-order chi connectivity index (χ1) is 6.22. The number of rotatable bonds is 2. The fourth-order valence-electron chi connectivity index (χ4n) is 1.25. The van der Waals surface area contributed by atoms with Crippen LogP contribution in [0, 0.1) is 0 Å². The summed E-state index contributed by atoms with van der Waals surface area (Å²) < 4.78 is 0. The van der Waals surface area contributed by atoms with Gasteiger partial charge in [0.1, 0.15) is 0 Å². The molecule has 1 aliphatic rings. The molecule has 1 atom stereocenters. The number of carbonyl (C=O) groups is 1. The van der Waals surface area contributed by atoms with E-state index in [1.807, 2.05) is 6.92 Å². The minimum Gasteiger partial charge on any atom is -0.363 e. The summed E-state index contributed by atoms with van der Waals surface area (Å²) in [6, 6.07) is 0.282. The van der Waals surface area contributed by atoms with Crippen molar-refractivity contribution in [3.63, 3.8) is 0 Å². The molecule has 13 heavy (non-hydrogen) atoms. The molecule has 0 aromatic carbocycles. The van der Waals surface area contributed by atoms with Gasteiger partial charge in [0, 0.05) is 25.6 Å². The lowest BCUT2D eigenvalue weighted by Crippen LogP contribution is -2.50. The molecule has 5 heteroatoms. The van der Waals surface area contributed by atoms with Crippen LogP contribution in [0.4, 0.5) is 0 Å². The fraction of sp³-hybridized carbons (Fsp3) is 0.750. The molecule has 74 valence electrons. The number of hydrogen-bond donors (Lipinski definition) is 3. The lowest BCUT2D eigenvalue weighted by Gasteiger charge is -2.24. The quantitative estimate of drug-likeness (QED) is 0.539. The van der Waals surface area contributed by atoms with Crippen molar-refractivity contribution >= 4 is 23.2 Å². The summed E-state index contributed by atoms with van der Waals surface area (Å²) in [7, 11) is 0. The van der Waals surface area contributed by atoms with Crippen LogP contribution in [0.1, 0.15) is 19.8 Å². The van der Waals surface area contributed by atoms with Crippen LogP contribution in [-0.4, -0.2) is 30.2 Å². The molecular formula is C8H15N3OS. The number of amides is 1. The van der Waals surface area contributed by atoms with E-state index < -0.39 is 0 Å². The molecule has 0 spiro atoms. The van der Waals surface area contributed by atoms with Gasteiger partial charge in [-0.1, -0.05) is 0 Å². The van der Waals surface area contributed by atoms with E-state index in [2.05, 4.69) is 16.0 Å². The Morgan fingerprint density at radius 2 is 2.54 bits per heavy atom. The highest BCUT2D eigenvalue weighted by molar-refractivity contribution is 7.80. The third kappa shape index (κ3) is 3.59. The zero-order chi connectivity index (χ0) is 9.68. The van der Waals surface area contributed by atoms with E-state index in [0.717, 1.165) is 13.0 Å². The van der Waals surface area contributed by atoms with E-state index in [-0.39, 0.29) is 11.9 Å². The summed E-state index contributed by atoms with van der Waals surface area (Å²) in [5.74, 6) is 0.132. The third-order valence-corrected chi connectivity index (χ3v) is 2.20. The Hall–Kier alpha value is -0.840. The van der Waals surface area contributed by atoms with E-state index >= 15 is 0 Å². The molecule has 1 heterocycles. The zero-order valence-corrected chi connectivity index (χ0v) is 8.54. The van der Waals surface area contributed by atoms with Crippen LogP contribution < -0.4 is 16.0 Å². The Bertz CT molecular complexity index is 198. The second-order valence-electron chi connectivity index (χ2n) is 3.04. The molecule has 1 unspecified atom stereocenters. The Labute approximate surface area is 83.5 Å². The van der Waals surface area contributed by atoms with Crippen LogP contribution in [0.5, 0.6) is 0 Å². The van der Waals surface area contributed by atoms with Crippen LogP contribution in [0.3, 0.4) is 0 Å². The molecule has 4 nitrogen and oxygen atoms in total. The highest BCUT2D eigenvalue weighted by atomic mass is 32.1. The molecule has 0 bridgehead atoms. The highest BCUT2D eigenvalue weighted by Crippen LogP contribution is 2.01. The summed E-state index contributed by atoms with van der Waals surface area (Å²) in [5, 5.41) is 9.62. The largest absolute Gasteiger partial charge is 0.363 e. The van der Waals surface area contributed by atoms with Gasteiger partial charge in [0.05, 0.1) is 0 Å². The van der Waals surface area contributed by atoms with Crippen molar-refractivity contribution in [3.05, 3.63) is 0 Å². The van der Waals surface area contributed by atoms with Crippen LogP contribution in [-0.2, 0) is 4.79 Å². The van der Waals surface area contributed by atoms with Crippen molar-refractivity contribution in [1.29, 1.82) is 0 Å². The highest BCUT2D eigenvalue weighted by Gasteiger charge is 2.17. The van der Waals surface area contributed by atoms with Gasteiger partial charge in [0.2, 0.25) is 5.91 Å². The maximum atomic E-state index is 10.8. The minimum atomic E-state index is 0.132. The standard InChI is InChI=1S/C8H15N3OS/c1-2-9-8(13)11-6-3-4-7(12)10-5-6/h6H,2-5H2,1H3,(H,10,12)(H2,9,11,13). The molecular weight excluding hydrogens is 186 g/mol. The Kier molecular flexibility index (Phi) is 3.95. The first-order valence-electron chi connectivity index (χ1n) is 4.53. The summed E-state index contributed by atoms with van der Waals surface area (Å²) in [6.07, 6.45) is 1.45. The van der Waals surface area contributed by atoms with Gasteiger partial charge in [-0.15, -0.1) is 0 Å². The molecule has 1 amide bonds. The van der Waals surface area contributed by atoms with E-state index in [1.165, 1.54) is 0 Å². The fourth-order valence-corrected chi connectivity index (χ4v) is 1.56. The number of carbonyl (C=O) groups excluding carboxylic acids is 1. The number of nitrogens with one attached hydrogen (secondary N) is 3. The third-order valence-electron chi connectivity index (χ3n) is 1.94.